The van der Waals surface area contributed by atoms with Gasteiger partial charge in [0.2, 0.25) is 5.91 Å². The first-order chi connectivity index (χ1) is 8.02. The van der Waals surface area contributed by atoms with Crippen LogP contribution in [0, 0.1) is 0 Å². The van der Waals surface area contributed by atoms with Crippen molar-refractivity contribution in [3.05, 3.63) is 0 Å². The lowest BCUT2D eigenvalue weighted by Crippen LogP contribution is -2.64. The van der Waals surface area contributed by atoms with E-state index in [1.54, 1.807) is 7.05 Å². The van der Waals surface area contributed by atoms with Gasteiger partial charge in [-0.25, -0.2) is 0 Å². The average Bonchev–Trinajstić information content (AvgIpc) is 2.55. The summed E-state index contributed by atoms with van der Waals surface area (Å²) >= 11 is 0. The van der Waals surface area contributed by atoms with Crippen LogP contribution in [0.3, 0.4) is 0 Å². The highest BCUT2D eigenvalue weighted by atomic mass is 16.3. The highest BCUT2D eigenvalue weighted by Gasteiger charge is 2.58. The fraction of sp³-hybridized carbons (Fsp3) is 0.909. The quantitative estimate of drug-likeness (QED) is 0.462. The zero-order chi connectivity index (χ0) is 12.3. The highest BCUT2D eigenvalue weighted by molar-refractivity contribution is 5.78. The van der Waals surface area contributed by atoms with Crippen molar-refractivity contribution in [2.45, 2.75) is 55.8 Å². The minimum atomic E-state index is -0.996. The first-order valence-electron chi connectivity index (χ1n) is 6.09. The summed E-state index contributed by atoms with van der Waals surface area (Å²) in [6.45, 7) is 0. The van der Waals surface area contributed by atoms with Crippen molar-refractivity contribution in [3.8, 4) is 0 Å². The summed E-state index contributed by atoms with van der Waals surface area (Å²) in [5.41, 5.74) is 0. The maximum Gasteiger partial charge on any atom is 0.225 e. The van der Waals surface area contributed by atoms with Crippen molar-refractivity contribution in [3.63, 3.8) is 0 Å². The number of aliphatic hydroxyl groups excluding tert-OH is 3. The van der Waals surface area contributed by atoms with E-state index in [-0.39, 0.29) is 11.9 Å². The molecule has 3 N–H and O–H groups in total. The van der Waals surface area contributed by atoms with Crippen molar-refractivity contribution < 1.29 is 20.1 Å². The van der Waals surface area contributed by atoms with E-state index in [9.17, 15) is 20.1 Å². The molecule has 0 aliphatic carbocycles. The predicted octanol–water partition coefficient (Wildman–Crippen LogP) is -1.90. The van der Waals surface area contributed by atoms with E-state index in [0.717, 1.165) is 6.42 Å². The molecule has 3 rings (SSSR count). The van der Waals surface area contributed by atoms with Gasteiger partial charge in [-0.2, -0.15) is 0 Å². The number of aliphatic hydroxyl groups is 3. The van der Waals surface area contributed by atoms with Crippen LogP contribution < -0.4 is 0 Å². The third-order valence-corrected chi connectivity index (χ3v) is 4.47. The fourth-order valence-electron chi connectivity index (χ4n) is 3.61. The van der Waals surface area contributed by atoms with Gasteiger partial charge in [-0.3, -0.25) is 9.69 Å². The maximum absolute atomic E-state index is 11.8. The number of hydrogen-bond donors (Lipinski definition) is 3. The Morgan fingerprint density at radius 2 is 1.88 bits per heavy atom. The summed E-state index contributed by atoms with van der Waals surface area (Å²) in [5.74, 6) is -0.000426. The van der Waals surface area contributed by atoms with E-state index in [1.807, 2.05) is 4.90 Å². The fourth-order valence-corrected chi connectivity index (χ4v) is 3.61. The van der Waals surface area contributed by atoms with Gasteiger partial charge in [0.25, 0.3) is 0 Å². The maximum atomic E-state index is 11.8. The second kappa shape index (κ2) is 3.65. The van der Waals surface area contributed by atoms with Gasteiger partial charge in [0.05, 0.1) is 12.1 Å². The second-order valence-electron chi connectivity index (χ2n) is 5.34. The molecule has 0 aromatic heterocycles. The number of piperidine rings is 1. The molecule has 96 valence electrons. The van der Waals surface area contributed by atoms with Gasteiger partial charge < -0.3 is 20.2 Å². The Morgan fingerprint density at radius 3 is 2.59 bits per heavy atom. The lowest BCUT2D eigenvalue weighted by atomic mass is 9.90. The molecule has 0 aromatic carbocycles. The summed E-state index contributed by atoms with van der Waals surface area (Å²) in [4.78, 5) is 15.2. The Labute approximate surface area is 99.4 Å². The molecule has 0 bridgehead atoms. The molecule has 3 heterocycles. The van der Waals surface area contributed by atoms with E-state index in [4.69, 9.17) is 0 Å². The lowest BCUT2D eigenvalue weighted by molar-refractivity contribution is -0.155. The smallest absolute Gasteiger partial charge is 0.225 e. The third-order valence-electron chi connectivity index (χ3n) is 4.47. The minimum Gasteiger partial charge on any atom is -0.391 e. The van der Waals surface area contributed by atoms with Gasteiger partial charge in [-0.15, -0.1) is 0 Å². The summed E-state index contributed by atoms with van der Waals surface area (Å²) in [6, 6.07) is -0.395. The Kier molecular flexibility index (Phi) is 2.45. The number of carbonyl (C=O) groups is 1. The summed E-state index contributed by atoms with van der Waals surface area (Å²) in [7, 11) is 1.64. The molecule has 6 heteroatoms. The van der Waals surface area contributed by atoms with Crippen molar-refractivity contribution >= 4 is 5.91 Å². The average molecular weight is 242 g/mol. The van der Waals surface area contributed by atoms with E-state index in [0.29, 0.717) is 12.8 Å². The molecule has 6 atom stereocenters. The zero-order valence-corrected chi connectivity index (χ0v) is 9.73. The summed E-state index contributed by atoms with van der Waals surface area (Å²) in [5, 5.41) is 30.0. The Hall–Kier alpha value is -0.690. The molecule has 3 fully saturated rings. The number of carbonyl (C=O) groups excluding carboxylic acids is 1. The SMILES string of the molecule is CN1C(=O)CC2CC[C@@H](O)[C@@H]3[C@H](O)[C@H](O)C1N23. The summed E-state index contributed by atoms with van der Waals surface area (Å²) < 4.78 is 0. The molecule has 2 unspecified atom stereocenters. The van der Waals surface area contributed by atoms with Gasteiger partial charge >= 0.3 is 0 Å². The molecule has 3 aliphatic rings. The summed E-state index contributed by atoms with van der Waals surface area (Å²) in [6.07, 6.45) is -1.35. The van der Waals surface area contributed by atoms with E-state index in [1.165, 1.54) is 4.90 Å². The second-order valence-corrected chi connectivity index (χ2v) is 5.34. The van der Waals surface area contributed by atoms with Gasteiger partial charge in [-0.1, -0.05) is 0 Å². The van der Waals surface area contributed by atoms with E-state index < -0.39 is 30.5 Å². The van der Waals surface area contributed by atoms with Crippen LogP contribution >= 0.6 is 0 Å². The van der Waals surface area contributed by atoms with Crippen LogP contribution in [0.2, 0.25) is 0 Å². The lowest BCUT2D eigenvalue weighted by Gasteiger charge is -2.49. The van der Waals surface area contributed by atoms with Crippen molar-refractivity contribution in [2.75, 3.05) is 7.05 Å². The molecular weight excluding hydrogens is 224 g/mol. The number of likely N-dealkylation sites (N-methyl/N-ethyl adjacent to an activating group) is 1. The molecule has 0 saturated carbocycles. The normalized spacial score (nSPS) is 50.6. The van der Waals surface area contributed by atoms with Gasteiger partial charge in [0, 0.05) is 19.5 Å². The molecule has 0 radical (unpaired) electrons. The first kappa shape index (κ1) is 11.4. The van der Waals surface area contributed by atoms with Gasteiger partial charge in [-0.05, 0) is 12.8 Å². The van der Waals surface area contributed by atoms with Crippen LogP contribution in [0.25, 0.3) is 0 Å². The number of nitrogens with zero attached hydrogens (tertiary/aromatic N) is 2. The largest absolute Gasteiger partial charge is 0.391 e. The van der Waals surface area contributed by atoms with Crippen molar-refractivity contribution in [1.82, 2.24) is 9.80 Å². The van der Waals surface area contributed by atoms with Crippen molar-refractivity contribution in [2.24, 2.45) is 0 Å². The molecule has 0 aromatic rings. The Bertz CT molecular complexity index is 350. The Balaban J connectivity index is 1.99. The molecule has 3 saturated heterocycles. The van der Waals surface area contributed by atoms with Crippen LogP contribution in [-0.2, 0) is 4.79 Å². The standard InChI is InChI=1S/C11H18N2O4/c1-12-7(15)4-5-2-3-6(14)8-9(16)10(17)11(12)13(5)8/h5-6,8-11,14,16-17H,2-4H2,1H3/t5?,6-,8-,9+,10+,11?/m1/s1. The van der Waals surface area contributed by atoms with Crippen LogP contribution in [0.1, 0.15) is 19.3 Å². The van der Waals surface area contributed by atoms with Crippen LogP contribution in [0.5, 0.6) is 0 Å². The monoisotopic (exact) mass is 242 g/mol. The van der Waals surface area contributed by atoms with Crippen LogP contribution in [0.15, 0.2) is 0 Å². The Morgan fingerprint density at radius 1 is 1.18 bits per heavy atom. The van der Waals surface area contributed by atoms with Crippen LogP contribution in [-0.4, -0.2) is 74.6 Å². The molecular formula is C11H18N2O4. The molecule has 1 amide bonds. The first-order valence-corrected chi connectivity index (χ1v) is 6.09. The van der Waals surface area contributed by atoms with E-state index >= 15 is 0 Å². The number of hydrogen-bond acceptors (Lipinski definition) is 5. The number of rotatable bonds is 0. The predicted molar refractivity (Wildman–Crippen MR) is 57.8 cm³/mol. The topological polar surface area (TPSA) is 84.2 Å². The molecule has 17 heavy (non-hydrogen) atoms. The number of amides is 1. The third kappa shape index (κ3) is 1.38. The molecule has 0 spiro atoms. The molecule has 3 aliphatic heterocycles. The van der Waals surface area contributed by atoms with E-state index in [2.05, 4.69) is 0 Å². The highest BCUT2D eigenvalue weighted by Crippen LogP contribution is 2.40. The zero-order valence-electron chi connectivity index (χ0n) is 9.73. The minimum absolute atomic E-state index is 0.000426. The van der Waals surface area contributed by atoms with Crippen molar-refractivity contribution in [1.29, 1.82) is 0 Å². The van der Waals surface area contributed by atoms with Gasteiger partial charge in [0.1, 0.15) is 18.4 Å². The molecule has 6 nitrogen and oxygen atoms in total. The van der Waals surface area contributed by atoms with Crippen LogP contribution in [0.4, 0.5) is 0 Å². The van der Waals surface area contributed by atoms with Gasteiger partial charge in [0.15, 0.2) is 0 Å².